The van der Waals surface area contributed by atoms with Gasteiger partial charge in [-0.2, -0.15) is 0 Å². The van der Waals surface area contributed by atoms with Crippen LogP contribution in [0.1, 0.15) is 35.0 Å². The number of hydrogen-bond donors (Lipinski definition) is 2. The van der Waals surface area contributed by atoms with E-state index in [0.29, 0.717) is 5.69 Å². The van der Waals surface area contributed by atoms with E-state index in [-0.39, 0.29) is 10.8 Å². The summed E-state index contributed by atoms with van der Waals surface area (Å²) in [7, 11) is 0. The number of anilines is 1. The molecule has 0 radical (unpaired) electrons. The number of nitrogens with two attached hydrogens (primary N) is 1. The van der Waals surface area contributed by atoms with Gasteiger partial charge in [-0.3, -0.25) is 0 Å². The van der Waals surface area contributed by atoms with E-state index in [1.54, 1.807) is 0 Å². The van der Waals surface area contributed by atoms with Crippen LogP contribution in [0.25, 0.3) is 10.4 Å². The monoisotopic (exact) mass is 339 g/mol. The molecular formula is C14H14BrNO2S. The Balaban J connectivity index is 2.73. The summed E-state index contributed by atoms with van der Waals surface area (Å²) in [6, 6.07) is 7.76. The summed E-state index contributed by atoms with van der Waals surface area (Å²) < 4.78 is 0.940. The van der Waals surface area contributed by atoms with Crippen molar-refractivity contribution in [2.75, 3.05) is 5.73 Å². The van der Waals surface area contributed by atoms with Gasteiger partial charge >= 0.3 is 5.97 Å². The summed E-state index contributed by atoms with van der Waals surface area (Å²) in [5, 5.41) is 9.22. The molecule has 0 saturated carbocycles. The molecule has 1 heterocycles. The first-order valence-electron chi connectivity index (χ1n) is 5.83. The number of benzene rings is 1. The van der Waals surface area contributed by atoms with Gasteiger partial charge in [0.25, 0.3) is 0 Å². The Hall–Kier alpha value is -1.33. The van der Waals surface area contributed by atoms with Crippen molar-refractivity contribution in [1.29, 1.82) is 0 Å². The Bertz CT molecular complexity index is 634. The van der Waals surface area contributed by atoms with E-state index in [2.05, 4.69) is 15.9 Å². The molecule has 0 aliphatic carbocycles. The van der Waals surface area contributed by atoms with Crippen molar-refractivity contribution in [2.24, 2.45) is 0 Å². The topological polar surface area (TPSA) is 63.3 Å². The summed E-state index contributed by atoms with van der Waals surface area (Å²) >= 11 is 4.74. The summed E-state index contributed by atoms with van der Waals surface area (Å²) in [5.41, 5.74) is 8.29. The molecule has 0 aliphatic rings. The molecule has 0 aliphatic heterocycles. The molecule has 100 valence electrons. The lowest BCUT2D eigenvalue weighted by atomic mass is 9.98. The van der Waals surface area contributed by atoms with Crippen molar-refractivity contribution in [2.45, 2.75) is 19.8 Å². The van der Waals surface area contributed by atoms with Crippen LogP contribution in [0.2, 0.25) is 0 Å². The number of carboxylic acids is 1. The third kappa shape index (κ3) is 2.53. The summed E-state index contributed by atoms with van der Waals surface area (Å²) in [4.78, 5) is 12.4. The second kappa shape index (κ2) is 5.35. The van der Waals surface area contributed by atoms with Gasteiger partial charge in [-0.1, -0.05) is 48.0 Å². The molecule has 2 rings (SSSR count). The van der Waals surface area contributed by atoms with Gasteiger partial charge in [0.05, 0.1) is 5.69 Å². The standard InChI is InChI=1S/C14H14BrNO2S/c1-7(2)10-11(16)13(14(17)18)19-12(10)8-5-3-4-6-9(8)15/h3-7H,16H2,1-2H3,(H,17,18). The molecular weight excluding hydrogens is 326 g/mol. The summed E-state index contributed by atoms with van der Waals surface area (Å²) in [6.45, 7) is 4.04. The van der Waals surface area contributed by atoms with Crippen LogP contribution in [-0.4, -0.2) is 11.1 Å². The average molecular weight is 340 g/mol. The minimum Gasteiger partial charge on any atom is -0.477 e. The normalized spacial score (nSPS) is 10.9. The van der Waals surface area contributed by atoms with Crippen molar-refractivity contribution in [3.8, 4) is 10.4 Å². The van der Waals surface area contributed by atoms with Crippen LogP contribution in [0, 0.1) is 0 Å². The maximum absolute atomic E-state index is 11.2. The van der Waals surface area contributed by atoms with E-state index in [1.165, 1.54) is 11.3 Å². The highest BCUT2D eigenvalue weighted by Crippen LogP contribution is 2.44. The molecule has 0 unspecified atom stereocenters. The van der Waals surface area contributed by atoms with Gasteiger partial charge in [0.1, 0.15) is 4.88 Å². The second-order valence-electron chi connectivity index (χ2n) is 4.53. The van der Waals surface area contributed by atoms with Crippen molar-refractivity contribution in [3.05, 3.63) is 39.2 Å². The maximum atomic E-state index is 11.2. The second-order valence-corrected chi connectivity index (χ2v) is 6.40. The smallest absolute Gasteiger partial charge is 0.348 e. The number of aromatic carboxylic acids is 1. The molecule has 0 spiro atoms. The Morgan fingerprint density at radius 3 is 2.53 bits per heavy atom. The Labute approximate surface area is 124 Å². The van der Waals surface area contributed by atoms with Crippen LogP contribution in [-0.2, 0) is 0 Å². The fourth-order valence-corrected chi connectivity index (χ4v) is 3.90. The molecule has 2 aromatic rings. The van der Waals surface area contributed by atoms with Crippen molar-refractivity contribution in [3.63, 3.8) is 0 Å². The molecule has 19 heavy (non-hydrogen) atoms. The highest BCUT2D eigenvalue weighted by Gasteiger charge is 2.23. The number of hydrogen-bond acceptors (Lipinski definition) is 3. The van der Waals surface area contributed by atoms with Gasteiger partial charge in [0.2, 0.25) is 0 Å². The van der Waals surface area contributed by atoms with Gasteiger partial charge in [-0.15, -0.1) is 11.3 Å². The van der Waals surface area contributed by atoms with Crippen LogP contribution in [0.4, 0.5) is 5.69 Å². The third-order valence-corrected chi connectivity index (χ3v) is 4.81. The third-order valence-electron chi connectivity index (χ3n) is 2.87. The molecule has 0 amide bonds. The van der Waals surface area contributed by atoms with E-state index < -0.39 is 5.97 Å². The molecule has 3 nitrogen and oxygen atoms in total. The van der Waals surface area contributed by atoms with Gasteiger partial charge in [-0.25, -0.2) is 4.79 Å². The first-order chi connectivity index (χ1) is 8.93. The number of carboxylic acid groups (broad SMARTS) is 1. The van der Waals surface area contributed by atoms with Gasteiger partial charge in [-0.05, 0) is 17.5 Å². The minimum atomic E-state index is -0.970. The van der Waals surface area contributed by atoms with E-state index in [9.17, 15) is 9.90 Å². The molecule has 5 heteroatoms. The van der Waals surface area contributed by atoms with Crippen molar-refractivity contribution < 1.29 is 9.90 Å². The van der Waals surface area contributed by atoms with Crippen LogP contribution in [0.5, 0.6) is 0 Å². The lowest BCUT2D eigenvalue weighted by Crippen LogP contribution is -2.00. The largest absolute Gasteiger partial charge is 0.477 e. The van der Waals surface area contributed by atoms with Gasteiger partial charge in [0.15, 0.2) is 0 Å². The van der Waals surface area contributed by atoms with Crippen LogP contribution in [0.15, 0.2) is 28.7 Å². The number of thiophene rings is 1. The van der Waals surface area contributed by atoms with Crippen molar-refractivity contribution >= 4 is 38.9 Å². The van der Waals surface area contributed by atoms with Crippen LogP contribution in [0.3, 0.4) is 0 Å². The molecule has 0 fully saturated rings. The zero-order valence-electron chi connectivity index (χ0n) is 10.6. The lowest BCUT2D eigenvalue weighted by Gasteiger charge is -2.10. The number of halogens is 1. The molecule has 3 N–H and O–H groups in total. The Morgan fingerprint density at radius 2 is 2.00 bits per heavy atom. The quantitative estimate of drug-likeness (QED) is 0.859. The van der Waals surface area contributed by atoms with E-state index in [1.807, 2.05) is 38.1 Å². The van der Waals surface area contributed by atoms with Crippen molar-refractivity contribution in [1.82, 2.24) is 0 Å². The first kappa shape index (κ1) is 14.1. The molecule has 0 atom stereocenters. The highest BCUT2D eigenvalue weighted by atomic mass is 79.9. The summed E-state index contributed by atoms with van der Waals surface area (Å²) in [5.74, 6) is -0.797. The van der Waals surface area contributed by atoms with Crippen LogP contribution >= 0.6 is 27.3 Å². The molecule has 0 saturated heterocycles. The summed E-state index contributed by atoms with van der Waals surface area (Å²) in [6.07, 6.45) is 0. The molecule has 1 aromatic carbocycles. The minimum absolute atomic E-state index is 0.173. The predicted octanol–water partition coefficient (Wildman–Crippen LogP) is 4.58. The predicted molar refractivity (Wildman–Crippen MR) is 82.9 cm³/mol. The first-order valence-corrected chi connectivity index (χ1v) is 7.44. The highest BCUT2D eigenvalue weighted by molar-refractivity contribution is 9.10. The van der Waals surface area contributed by atoms with Gasteiger partial charge < -0.3 is 10.8 Å². The van der Waals surface area contributed by atoms with E-state index in [4.69, 9.17) is 5.73 Å². The Morgan fingerprint density at radius 1 is 1.37 bits per heavy atom. The average Bonchev–Trinajstić information content (AvgIpc) is 2.67. The fourth-order valence-electron chi connectivity index (χ4n) is 2.03. The van der Waals surface area contributed by atoms with Gasteiger partial charge in [0, 0.05) is 14.9 Å². The van der Waals surface area contributed by atoms with E-state index >= 15 is 0 Å². The zero-order valence-corrected chi connectivity index (χ0v) is 13.0. The van der Waals surface area contributed by atoms with E-state index in [0.717, 1.165) is 20.5 Å². The zero-order chi connectivity index (χ0) is 14.2. The SMILES string of the molecule is CC(C)c1c(-c2ccccc2Br)sc(C(=O)O)c1N. The Kier molecular flexibility index (Phi) is 3.96. The number of rotatable bonds is 3. The fraction of sp³-hybridized carbons (Fsp3) is 0.214. The number of carbonyl (C=O) groups is 1. The molecule has 0 bridgehead atoms. The molecule has 1 aromatic heterocycles. The lowest BCUT2D eigenvalue weighted by molar-refractivity contribution is 0.0703. The number of nitrogen functional groups attached to an aromatic ring is 1. The van der Waals surface area contributed by atoms with Crippen LogP contribution < -0.4 is 5.73 Å². The maximum Gasteiger partial charge on any atom is 0.348 e.